The van der Waals surface area contributed by atoms with Gasteiger partial charge in [-0.2, -0.15) is 0 Å². The molecule has 0 aliphatic rings. The molecule has 3 nitrogen and oxygen atoms in total. The Kier molecular flexibility index (Phi) is 4.66. The fourth-order valence-electron chi connectivity index (χ4n) is 2.16. The highest BCUT2D eigenvalue weighted by Crippen LogP contribution is 2.30. The highest BCUT2D eigenvalue weighted by molar-refractivity contribution is 7.09. The van der Waals surface area contributed by atoms with Crippen LogP contribution in [-0.2, 0) is 0 Å². The Hall–Kier alpha value is -1.88. The summed E-state index contributed by atoms with van der Waals surface area (Å²) in [6.07, 6.45) is 0. The van der Waals surface area contributed by atoms with Crippen LogP contribution in [0, 0.1) is 6.92 Å². The van der Waals surface area contributed by atoms with E-state index in [-0.39, 0.29) is 5.91 Å². The summed E-state index contributed by atoms with van der Waals surface area (Å²) in [4.78, 5) is 17.0. The van der Waals surface area contributed by atoms with Gasteiger partial charge in [-0.1, -0.05) is 41.4 Å². The van der Waals surface area contributed by atoms with Crippen molar-refractivity contribution >= 4 is 46.1 Å². The molecule has 1 amide bonds. The molecule has 0 aliphatic heterocycles. The van der Waals surface area contributed by atoms with Crippen molar-refractivity contribution in [1.29, 1.82) is 0 Å². The summed E-state index contributed by atoms with van der Waals surface area (Å²) in [5, 5.41) is 6.64. The SMILES string of the molecule is Cc1nc(-c2ccccc2NC(=O)c2cc(Cl)ccc2Cl)cs1. The predicted octanol–water partition coefficient (Wildman–Crippen LogP) is 5.68. The number of nitrogens with one attached hydrogen (secondary N) is 1. The van der Waals surface area contributed by atoms with Gasteiger partial charge in [0.25, 0.3) is 5.91 Å². The maximum atomic E-state index is 12.5. The molecule has 0 unspecified atom stereocenters. The van der Waals surface area contributed by atoms with Gasteiger partial charge in [0.1, 0.15) is 0 Å². The largest absolute Gasteiger partial charge is 0.321 e. The van der Waals surface area contributed by atoms with Crippen molar-refractivity contribution in [3.8, 4) is 11.3 Å². The molecular formula is C17H12Cl2N2OS. The van der Waals surface area contributed by atoms with Gasteiger partial charge in [-0.15, -0.1) is 11.3 Å². The number of anilines is 1. The highest BCUT2D eigenvalue weighted by atomic mass is 35.5. The fourth-order valence-corrected chi connectivity index (χ4v) is 3.15. The number of hydrogen-bond acceptors (Lipinski definition) is 3. The zero-order chi connectivity index (χ0) is 16.4. The van der Waals surface area contributed by atoms with Crippen LogP contribution in [0.15, 0.2) is 47.8 Å². The lowest BCUT2D eigenvalue weighted by Crippen LogP contribution is -2.13. The molecule has 1 aromatic heterocycles. The molecular weight excluding hydrogens is 351 g/mol. The van der Waals surface area contributed by atoms with Crippen LogP contribution in [-0.4, -0.2) is 10.9 Å². The monoisotopic (exact) mass is 362 g/mol. The molecule has 6 heteroatoms. The van der Waals surface area contributed by atoms with Crippen LogP contribution >= 0.6 is 34.5 Å². The fraction of sp³-hybridized carbons (Fsp3) is 0.0588. The first-order chi connectivity index (χ1) is 11.0. The second-order valence-corrected chi connectivity index (χ2v) is 6.78. The van der Waals surface area contributed by atoms with E-state index in [9.17, 15) is 4.79 Å². The normalized spacial score (nSPS) is 10.6. The highest BCUT2D eigenvalue weighted by Gasteiger charge is 2.14. The van der Waals surface area contributed by atoms with Gasteiger partial charge in [0.05, 0.1) is 27.0 Å². The first-order valence-corrected chi connectivity index (χ1v) is 8.46. The van der Waals surface area contributed by atoms with Crippen LogP contribution in [0.2, 0.25) is 10.0 Å². The van der Waals surface area contributed by atoms with Crippen LogP contribution in [0.1, 0.15) is 15.4 Å². The zero-order valence-corrected chi connectivity index (χ0v) is 14.5. The molecule has 3 aromatic rings. The average molecular weight is 363 g/mol. The molecule has 1 heterocycles. The summed E-state index contributed by atoms with van der Waals surface area (Å²) < 4.78 is 0. The van der Waals surface area contributed by atoms with Crippen LogP contribution < -0.4 is 5.32 Å². The Balaban J connectivity index is 1.94. The Morgan fingerprint density at radius 1 is 1.17 bits per heavy atom. The third-order valence-corrected chi connectivity index (χ3v) is 4.58. The number of nitrogens with zero attached hydrogens (tertiary/aromatic N) is 1. The van der Waals surface area contributed by atoms with E-state index in [4.69, 9.17) is 23.2 Å². The molecule has 0 fully saturated rings. The molecule has 1 N–H and O–H groups in total. The number of hydrogen-bond donors (Lipinski definition) is 1. The Bertz CT molecular complexity index is 877. The average Bonchev–Trinajstić information content (AvgIpc) is 2.96. The standard InChI is InChI=1S/C17H12Cl2N2OS/c1-10-20-16(9-23-10)12-4-2-3-5-15(12)21-17(22)13-8-11(18)6-7-14(13)19/h2-9H,1H3,(H,21,22). The maximum Gasteiger partial charge on any atom is 0.257 e. The summed E-state index contributed by atoms with van der Waals surface area (Å²) in [6.45, 7) is 1.95. The quantitative estimate of drug-likeness (QED) is 0.651. The molecule has 116 valence electrons. The van der Waals surface area contributed by atoms with Gasteiger partial charge in [0.15, 0.2) is 0 Å². The van der Waals surface area contributed by atoms with E-state index in [0.717, 1.165) is 16.3 Å². The molecule has 23 heavy (non-hydrogen) atoms. The van der Waals surface area contributed by atoms with Crippen molar-refractivity contribution in [1.82, 2.24) is 4.98 Å². The first kappa shape index (κ1) is 16.0. The third kappa shape index (κ3) is 3.55. The summed E-state index contributed by atoms with van der Waals surface area (Å²) >= 11 is 13.6. The molecule has 3 rings (SSSR count). The Labute approximate surface area is 147 Å². The van der Waals surface area contributed by atoms with Gasteiger partial charge in [-0.3, -0.25) is 4.79 Å². The lowest BCUT2D eigenvalue weighted by molar-refractivity contribution is 0.102. The number of carbonyl (C=O) groups is 1. The summed E-state index contributed by atoms with van der Waals surface area (Å²) in [5.74, 6) is -0.308. The van der Waals surface area contributed by atoms with Gasteiger partial charge in [0.2, 0.25) is 0 Å². The van der Waals surface area contributed by atoms with E-state index in [0.29, 0.717) is 21.3 Å². The molecule has 0 saturated carbocycles. The van der Waals surface area contributed by atoms with Gasteiger partial charge >= 0.3 is 0 Å². The second-order valence-electron chi connectivity index (χ2n) is 4.88. The van der Waals surface area contributed by atoms with Crippen LogP contribution in [0.25, 0.3) is 11.3 Å². The number of aromatic nitrogens is 1. The van der Waals surface area contributed by atoms with Gasteiger partial charge in [0, 0.05) is 16.0 Å². The van der Waals surface area contributed by atoms with E-state index >= 15 is 0 Å². The van der Waals surface area contributed by atoms with Gasteiger partial charge in [-0.25, -0.2) is 4.98 Å². The van der Waals surface area contributed by atoms with Crippen LogP contribution in [0.5, 0.6) is 0 Å². The summed E-state index contributed by atoms with van der Waals surface area (Å²) in [6, 6.07) is 12.3. The molecule has 0 aliphatic carbocycles. The maximum absolute atomic E-state index is 12.5. The number of para-hydroxylation sites is 1. The first-order valence-electron chi connectivity index (χ1n) is 6.82. The van der Waals surface area contributed by atoms with Crippen LogP contribution in [0.4, 0.5) is 5.69 Å². The van der Waals surface area contributed by atoms with Crippen LogP contribution in [0.3, 0.4) is 0 Å². The van der Waals surface area contributed by atoms with Crippen molar-refractivity contribution in [2.24, 2.45) is 0 Å². The minimum atomic E-state index is -0.308. The number of rotatable bonds is 3. The second kappa shape index (κ2) is 6.71. The molecule has 2 aromatic carbocycles. The Morgan fingerprint density at radius 2 is 1.96 bits per heavy atom. The van der Waals surface area contributed by atoms with E-state index in [1.807, 2.05) is 36.6 Å². The van der Waals surface area contributed by atoms with E-state index in [1.165, 1.54) is 0 Å². The topological polar surface area (TPSA) is 42.0 Å². The molecule has 0 saturated heterocycles. The van der Waals surface area contributed by atoms with Gasteiger partial charge < -0.3 is 5.32 Å². The molecule has 0 bridgehead atoms. The lowest BCUT2D eigenvalue weighted by atomic mass is 10.1. The minimum Gasteiger partial charge on any atom is -0.321 e. The number of aryl methyl sites for hydroxylation is 1. The number of benzene rings is 2. The zero-order valence-electron chi connectivity index (χ0n) is 12.1. The molecule has 0 radical (unpaired) electrons. The Morgan fingerprint density at radius 3 is 2.70 bits per heavy atom. The minimum absolute atomic E-state index is 0.308. The van der Waals surface area contributed by atoms with Gasteiger partial charge in [-0.05, 0) is 31.2 Å². The number of amides is 1. The van der Waals surface area contributed by atoms with Crippen molar-refractivity contribution in [2.45, 2.75) is 6.92 Å². The molecule has 0 atom stereocenters. The van der Waals surface area contributed by atoms with Crippen molar-refractivity contribution in [2.75, 3.05) is 5.32 Å². The smallest absolute Gasteiger partial charge is 0.257 e. The van der Waals surface area contributed by atoms with E-state index < -0.39 is 0 Å². The number of carbonyl (C=O) groups excluding carboxylic acids is 1. The summed E-state index contributed by atoms with van der Waals surface area (Å²) in [5.41, 5.74) is 2.71. The van der Waals surface area contributed by atoms with Crippen molar-refractivity contribution < 1.29 is 4.79 Å². The van der Waals surface area contributed by atoms with E-state index in [1.54, 1.807) is 29.5 Å². The predicted molar refractivity (Wildman–Crippen MR) is 96.7 cm³/mol. The lowest BCUT2D eigenvalue weighted by Gasteiger charge is -2.10. The van der Waals surface area contributed by atoms with Crippen molar-refractivity contribution in [3.05, 3.63) is 68.5 Å². The number of thiazole rings is 1. The third-order valence-electron chi connectivity index (χ3n) is 3.24. The molecule has 0 spiro atoms. The van der Waals surface area contributed by atoms with E-state index in [2.05, 4.69) is 10.3 Å². The van der Waals surface area contributed by atoms with Crippen molar-refractivity contribution in [3.63, 3.8) is 0 Å². The number of halogens is 2. The summed E-state index contributed by atoms with van der Waals surface area (Å²) in [7, 11) is 0.